The Morgan fingerprint density at radius 1 is 1.19 bits per heavy atom. The van der Waals surface area contributed by atoms with Gasteiger partial charge in [-0.05, 0) is 38.1 Å². The molecule has 1 heterocycles. The largest absolute Gasteiger partial charge is 0.492 e. The molecule has 1 amide bonds. The fourth-order valence-corrected chi connectivity index (χ4v) is 3.81. The summed E-state index contributed by atoms with van der Waals surface area (Å²) in [6.07, 6.45) is 1.76. The highest BCUT2D eigenvalue weighted by atomic mass is 32.1. The molecule has 0 unspecified atom stereocenters. The van der Waals surface area contributed by atoms with Crippen molar-refractivity contribution >= 4 is 33.2 Å². The fraction of sp³-hybridized carbons (Fsp3) is 0.190. The third-order valence-electron chi connectivity index (χ3n) is 4.01. The first-order valence-corrected chi connectivity index (χ1v) is 9.43. The summed E-state index contributed by atoms with van der Waals surface area (Å²) in [6.45, 7) is 8.30. The number of thiazole rings is 1. The van der Waals surface area contributed by atoms with Gasteiger partial charge in [0.05, 0.1) is 11.3 Å². The number of para-hydroxylation sites is 1. The quantitative estimate of drug-likeness (QED) is 0.475. The molecule has 0 saturated heterocycles. The first-order valence-electron chi connectivity index (χ1n) is 8.61. The molecule has 0 atom stereocenters. The molecular formula is C21H20N2O3S. The van der Waals surface area contributed by atoms with Crippen molar-refractivity contribution in [1.29, 1.82) is 0 Å². The predicted molar refractivity (Wildman–Crippen MR) is 108 cm³/mol. The molecule has 5 nitrogen and oxygen atoms in total. The number of Topliss-reactive ketones (excluding diaryl/α,β-unsaturated/α-hetero) is 1. The van der Waals surface area contributed by atoms with E-state index >= 15 is 0 Å². The summed E-state index contributed by atoms with van der Waals surface area (Å²) in [4.78, 5) is 28.9. The van der Waals surface area contributed by atoms with Crippen molar-refractivity contribution in [2.75, 3.05) is 6.61 Å². The number of aromatic nitrogens is 1. The number of benzene rings is 2. The summed E-state index contributed by atoms with van der Waals surface area (Å²) < 4.78 is 8.66. The van der Waals surface area contributed by atoms with Gasteiger partial charge >= 0.3 is 0 Å². The van der Waals surface area contributed by atoms with Gasteiger partial charge in [0.15, 0.2) is 10.6 Å². The molecule has 0 aliphatic heterocycles. The molecule has 138 valence electrons. The van der Waals surface area contributed by atoms with Crippen LogP contribution in [-0.2, 0) is 6.54 Å². The number of fused-ring (bicyclic) bond motifs is 1. The van der Waals surface area contributed by atoms with Crippen molar-refractivity contribution in [3.05, 3.63) is 71.0 Å². The molecular weight excluding hydrogens is 360 g/mol. The van der Waals surface area contributed by atoms with Gasteiger partial charge in [-0.1, -0.05) is 35.6 Å². The number of hydrogen-bond acceptors (Lipinski definition) is 4. The van der Waals surface area contributed by atoms with E-state index in [2.05, 4.69) is 11.6 Å². The lowest BCUT2D eigenvalue weighted by Gasteiger charge is -2.07. The molecule has 27 heavy (non-hydrogen) atoms. The smallest absolute Gasteiger partial charge is 0.279 e. The summed E-state index contributed by atoms with van der Waals surface area (Å²) in [6, 6.07) is 12.3. The number of allylic oxidation sites excluding steroid dienone is 1. The lowest BCUT2D eigenvalue weighted by molar-refractivity contribution is 0.0991. The fourth-order valence-electron chi connectivity index (χ4n) is 2.75. The first kappa shape index (κ1) is 18.8. The van der Waals surface area contributed by atoms with E-state index in [-0.39, 0.29) is 11.7 Å². The lowest BCUT2D eigenvalue weighted by Crippen LogP contribution is -2.16. The van der Waals surface area contributed by atoms with Crippen molar-refractivity contribution in [2.24, 2.45) is 4.99 Å². The van der Waals surface area contributed by atoms with Crippen LogP contribution in [0.25, 0.3) is 10.2 Å². The van der Waals surface area contributed by atoms with Gasteiger partial charge in [0.2, 0.25) is 0 Å². The molecule has 3 rings (SSSR count). The number of ketones is 1. The standard InChI is InChI=1S/C21H20N2O3S/c1-4-13-23-19-17(26-5-2)7-6-8-18(19)27-21(23)22-20(25)16-11-9-15(10-12-16)14(3)24/h4,6-12H,1,5,13H2,2-3H3. The van der Waals surface area contributed by atoms with Crippen LogP contribution in [0.1, 0.15) is 34.6 Å². The van der Waals surface area contributed by atoms with Gasteiger partial charge in [0, 0.05) is 17.7 Å². The van der Waals surface area contributed by atoms with Crippen LogP contribution in [0.4, 0.5) is 0 Å². The van der Waals surface area contributed by atoms with Crippen molar-refractivity contribution in [1.82, 2.24) is 4.57 Å². The van der Waals surface area contributed by atoms with Gasteiger partial charge in [-0.2, -0.15) is 4.99 Å². The van der Waals surface area contributed by atoms with E-state index in [0.29, 0.717) is 29.1 Å². The Bertz CT molecular complexity index is 1070. The minimum atomic E-state index is -0.354. The number of carbonyl (C=O) groups excluding carboxylic acids is 2. The van der Waals surface area contributed by atoms with Gasteiger partial charge in [-0.25, -0.2) is 0 Å². The topological polar surface area (TPSA) is 60.7 Å². The SMILES string of the molecule is C=CCn1c(=NC(=O)c2ccc(C(C)=O)cc2)sc2cccc(OCC)c21. The van der Waals surface area contributed by atoms with E-state index in [1.807, 2.05) is 29.7 Å². The molecule has 2 aromatic carbocycles. The molecule has 0 aliphatic rings. The van der Waals surface area contributed by atoms with Crippen LogP contribution in [-0.4, -0.2) is 22.9 Å². The van der Waals surface area contributed by atoms with E-state index in [1.165, 1.54) is 18.3 Å². The van der Waals surface area contributed by atoms with Gasteiger partial charge in [-0.3, -0.25) is 9.59 Å². The Morgan fingerprint density at radius 3 is 2.52 bits per heavy atom. The highest BCUT2D eigenvalue weighted by molar-refractivity contribution is 7.16. The number of amides is 1. The highest BCUT2D eigenvalue weighted by Crippen LogP contribution is 2.27. The second kappa shape index (κ2) is 8.14. The average Bonchev–Trinajstić information content (AvgIpc) is 3.00. The average molecular weight is 380 g/mol. The van der Waals surface area contributed by atoms with Crippen molar-refractivity contribution < 1.29 is 14.3 Å². The van der Waals surface area contributed by atoms with Crippen LogP contribution in [0.2, 0.25) is 0 Å². The number of rotatable bonds is 6. The Kier molecular flexibility index (Phi) is 5.66. The zero-order valence-electron chi connectivity index (χ0n) is 15.3. The lowest BCUT2D eigenvalue weighted by atomic mass is 10.1. The third-order valence-corrected chi connectivity index (χ3v) is 5.05. The van der Waals surface area contributed by atoms with E-state index in [4.69, 9.17) is 4.74 Å². The summed E-state index contributed by atoms with van der Waals surface area (Å²) in [5.74, 6) is 0.364. The number of ether oxygens (including phenoxy) is 1. The molecule has 3 aromatic rings. The monoisotopic (exact) mass is 380 g/mol. The Hall–Kier alpha value is -2.99. The Balaban J connectivity index is 2.10. The van der Waals surface area contributed by atoms with Crippen LogP contribution in [0.5, 0.6) is 5.75 Å². The second-order valence-corrected chi connectivity index (χ2v) is 6.88. The summed E-state index contributed by atoms with van der Waals surface area (Å²) in [5.41, 5.74) is 1.91. The van der Waals surface area contributed by atoms with Crippen LogP contribution >= 0.6 is 11.3 Å². The first-order chi connectivity index (χ1) is 13.0. The summed E-state index contributed by atoms with van der Waals surface area (Å²) in [7, 11) is 0. The van der Waals surface area contributed by atoms with Crippen LogP contribution in [0.15, 0.2) is 60.1 Å². The van der Waals surface area contributed by atoms with Crippen molar-refractivity contribution in [3.63, 3.8) is 0 Å². The van der Waals surface area contributed by atoms with Crippen molar-refractivity contribution in [2.45, 2.75) is 20.4 Å². The van der Waals surface area contributed by atoms with E-state index in [0.717, 1.165) is 16.0 Å². The van der Waals surface area contributed by atoms with Gasteiger partial charge in [0.25, 0.3) is 5.91 Å². The molecule has 0 spiro atoms. The van der Waals surface area contributed by atoms with Crippen LogP contribution in [0.3, 0.4) is 0 Å². The normalized spacial score (nSPS) is 11.6. The molecule has 1 aromatic heterocycles. The number of hydrogen-bond donors (Lipinski definition) is 0. The predicted octanol–water partition coefficient (Wildman–Crippen LogP) is 4.23. The van der Waals surface area contributed by atoms with Crippen molar-refractivity contribution in [3.8, 4) is 5.75 Å². The second-order valence-electron chi connectivity index (χ2n) is 5.87. The summed E-state index contributed by atoms with van der Waals surface area (Å²) in [5, 5.41) is 0. The van der Waals surface area contributed by atoms with Gasteiger partial charge in [-0.15, -0.1) is 6.58 Å². The molecule has 0 radical (unpaired) electrons. The number of carbonyl (C=O) groups is 2. The minimum Gasteiger partial charge on any atom is -0.492 e. The van der Waals surface area contributed by atoms with Gasteiger partial charge in [0.1, 0.15) is 11.3 Å². The van der Waals surface area contributed by atoms with E-state index in [9.17, 15) is 9.59 Å². The molecule has 0 bridgehead atoms. The molecule has 0 fully saturated rings. The molecule has 0 aliphatic carbocycles. The van der Waals surface area contributed by atoms with Crippen LogP contribution in [0, 0.1) is 0 Å². The zero-order valence-corrected chi connectivity index (χ0v) is 16.1. The molecule has 0 saturated carbocycles. The third kappa shape index (κ3) is 3.90. The number of nitrogens with zero attached hydrogens (tertiary/aromatic N) is 2. The van der Waals surface area contributed by atoms with E-state index in [1.54, 1.807) is 30.3 Å². The molecule has 0 N–H and O–H groups in total. The maximum Gasteiger partial charge on any atom is 0.279 e. The highest BCUT2D eigenvalue weighted by Gasteiger charge is 2.13. The maximum absolute atomic E-state index is 12.6. The van der Waals surface area contributed by atoms with E-state index < -0.39 is 0 Å². The maximum atomic E-state index is 12.6. The minimum absolute atomic E-state index is 0.0391. The Labute approximate surface area is 161 Å². The Morgan fingerprint density at radius 2 is 1.89 bits per heavy atom. The van der Waals surface area contributed by atoms with Gasteiger partial charge < -0.3 is 9.30 Å². The molecule has 6 heteroatoms. The van der Waals surface area contributed by atoms with Crippen LogP contribution < -0.4 is 9.54 Å². The summed E-state index contributed by atoms with van der Waals surface area (Å²) >= 11 is 1.43. The zero-order chi connectivity index (χ0) is 19.4.